The predicted molar refractivity (Wildman–Crippen MR) is 113 cm³/mol. The first-order valence-electron chi connectivity index (χ1n) is 9.56. The van der Waals surface area contributed by atoms with Gasteiger partial charge in [0, 0.05) is 0 Å². The monoisotopic (exact) mass is 411 g/mol. The highest BCUT2D eigenvalue weighted by atomic mass is 32.2. The molecular formula is C22H25N3O3S. The molecule has 1 aromatic carbocycles. The minimum absolute atomic E-state index is 0.0503. The van der Waals surface area contributed by atoms with E-state index in [9.17, 15) is 14.9 Å². The fourth-order valence-electron chi connectivity index (χ4n) is 2.85. The third-order valence-electron chi connectivity index (χ3n) is 4.25. The Morgan fingerprint density at radius 1 is 1.28 bits per heavy atom. The molecule has 1 amide bonds. The van der Waals surface area contributed by atoms with Gasteiger partial charge >= 0.3 is 5.97 Å². The maximum Gasteiger partial charge on any atom is 0.340 e. The quantitative estimate of drug-likeness (QED) is 0.491. The summed E-state index contributed by atoms with van der Waals surface area (Å²) in [7, 11) is 0. The van der Waals surface area contributed by atoms with Crippen LogP contribution in [0.5, 0.6) is 0 Å². The minimum atomic E-state index is -0.506. The first-order valence-corrected chi connectivity index (χ1v) is 10.5. The molecule has 152 valence electrons. The van der Waals surface area contributed by atoms with E-state index in [1.165, 1.54) is 17.8 Å². The van der Waals surface area contributed by atoms with Crippen LogP contribution in [0, 0.1) is 18.3 Å². The number of nitriles is 1. The largest absolute Gasteiger partial charge is 0.462 e. The number of nitrogens with one attached hydrogen (secondary N) is 1. The minimum Gasteiger partial charge on any atom is -0.462 e. The number of hydrogen-bond donors (Lipinski definition) is 1. The van der Waals surface area contributed by atoms with Crippen molar-refractivity contribution >= 4 is 23.6 Å². The van der Waals surface area contributed by atoms with Gasteiger partial charge in [-0.3, -0.25) is 4.79 Å². The second-order valence-corrected chi connectivity index (χ2v) is 7.38. The van der Waals surface area contributed by atoms with E-state index in [1.807, 2.05) is 36.4 Å². The number of hydrogen-bond acceptors (Lipinski definition) is 6. The van der Waals surface area contributed by atoms with Crippen molar-refractivity contribution in [1.29, 1.82) is 5.26 Å². The standard InChI is InChI=1S/C22H25N3O3S/c1-4-9-19(16-10-7-6-8-11-16)25-20(26)14-29-21-17(13-23)12-18(15(3)24-21)22(27)28-5-2/h6-8,10-12,19H,4-5,9,14H2,1-3H3,(H,25,26)/t19-/m1/s1. The molecule has 0 aliphatic rings. The molecule has 2 rings (SSSR count). The lowest BCUT2D eigenvalue weighted by Crippen LogP contribution is -2.30. The topological polar surface area (TPSA) is 92.1 Å². The van der Waals surface area contributed by atoms with Gasteiger partial charge in [0.05, 0.1) is 35.2 Å². The number of nitrogens with zero attached hydrogens (tertiary/aromatic N) is 2. The lowest BCUT2D eigenvalue weighted by atomic mass is 10.0. The summed E-state index contributed by atoms with van der Waals surface area (Å²) in [6.45, 7) is 5.73. The van der Waals surface area contributed by atoms with Crippen molar-refractivity contribution in [2.75, 3.05) is 12.4 Å². The van der Waals surface area contributed by atoms with Crippen LogP contribution in [0.3, 0.4) is 0 Å². The smallest absolute Gasteiger partial charge is 0.340 e. The van der Waals surface area contributed by atoms with Gasteiger partial charge in [-0.05, 0) is 31.9 Å². The maximum atomic E-state index is 12.5. The molecule has 0 saturated heterocycles. The molecule has 0 fully saturated rings. The molecule has 0 aliphatic carbocycles. The molecule has 0 aliphatic heterocycles. The Morgan fingerprint density at radius 3 is 2.62 bits per heavy atom. The van der Waals surface area contributed by atoms with E-state index >= 15 is 0 Å². The van der Waals surface area contributed by atoms with Crippen LogP contribution in [0.4, 0.5) is 0 Å². The van der Waals surface area contributed by atoms with Gasteiger partial charge in [0.25, 0.3) is 0 Å². The zero-order chi connectivity index (χ0) is 21.2. The lowest BCUT2D eigenvalue weighted by molar-refractivity contribution is -0.119. The molecule has 1 heterocycles. The summed E-state index contributed by atoms with van der Waals surface area (Å²) in [6, 6.07) is 13.3. The van der Waals surface area contributed by atoms with E-state index in [1.54, 1.807) is 13.8 Å². The number of amides is 1. The first kappa shape index (κ1) is 22.4. The molecule has 1 N–H and O–H groups in total. The average molecular weight is 412 g/mol. The van der Waals surface area contributed by atoms with Crippen LogP contribution in [0.2, 0.25) is 0 Å². The summed E-state index contributed by atoms with van der Waals surface area (Å²) in [5.74, 6) is -0.504. The van der Waals surface area contributed by atoms with E-state index in [0.29, 0.717) is 10.7 Å². The van der Waals surface area contributed by atoms with Crippen molar-refractivity contribution in [2.24, 2.45) is 0 Å². The van der Waals surface area contributed by atoms with Crippen molar-refractivity contribution in [3.8, 4) is 6.07 Å². The van der Waals surface area contributed by atoms with Crippen molar-refractivity contribution in [3.05, 3.63) is 58.8 Å². The van der Waals surface area contributed by atoms with Crippen molar-refractivity contribution in [2.45, 2.75) is 44.7 Å². The van der Waals surface area contributed by atoms with Gasteiger partial charge in [-0.15, -0.1) is 0 Å². The molecular weight excluding hydrogens is 386 g/mol. The zero-order valence-corrected chi connectivity index (χ0v) is 17.7. The van der Waals surface area contributed by atoms with Gasteiger partial charge < -0.3 is 10.1 Å². The van der Waals surface area contributed by atoms with Gasteiger partial charge in [0.15, 0.2) is 0 Å². The van der Waals surface area contributed by atoms with Crippen molar-refractivity contribution < 1.29 is 14.3 Å². The number of pyridine rings is 1. The summed E-state index contributed by atoms with van der Waals surface area (Å²) in [4.78, 5) is 28.8. The summed E-state index contributed by atoms with van der Waals surface area (Å²) in [5, 5.41) is 12.9. The van der Waals surface area contributed by atoms with Gasteiger partial charge in [-0.2, -0.15) is 5.26 Å². The van der Waals surface area contributed by atoms with Crippen LogP contribution in [0.25, 0.3) is 0 Å². The number of thioether (sulfide) groups is 1. The maximum absolute atomic E-state index is 12.5. The Hall–Kier alpha value is -2.85. The highest BCUT2D eigenvalue weighted by Gasteiger charge is 2.18. The summed E-state index contributed by atoms with van der Waals surface area (Å²) in [5.41, 5.74) is 2.06. The molecule has 6 nitrogen and oxygen atoms in total. The van der Waals surface area contributed by atoms with E-state index in [0.717, 1.165) is 18.4 Å². The normalized spacial score (nSPS) is 11.4. The highest BCUT2D eigenvalue weighted by Crippen LogP contribution is 2.24. The molecule has 2 aromatic rings. The second-order valence-electron chi connectivity index (χ2n) is 6.41. The number of ether oxygens (including phenoxy) is 1. The Morgan fingerprint density at radius 2 is 2.00 bits per heavy atom. The van der Waals surface area contributed by atoms with Crippen molar-refractivity contribution in [1.82, 2.24) is 10.3 Å². The number of carbonyl (C=O) groups excluding carboxylic acids is 2. The molecule has 0 radical (unpaired) electrons. The third-order valence-corrected chi connectivity index (χ3v) is 5.24. The summed E-state index contributed by atoms with van der Waals surface area (Å²) < 4.78 is 5.00. The van der Waals surface area contributed by atoms with Crippen LogP contribution < -0.4 is 5.32 Å². The van der Waals surface area contributed by atoms with Crippen LogP contribution in [-0.4, -0.2) is 29.2 Å². The number of benzene rings is 1. The fraction of sp³-hybridized carbons (Fsp3) is 0.364. The molecule has 0 saturated carbocycles. The fourth-order valence-corrected chi connectivity index (χ4v) is 3.67. The SMILES string of the molecule is CCC[C@@H](NC(=O)CSc1nc(C)c(C(=O)OCC)cc1C#N)c1ccccc1. The summed E-state index contributed by atoms with van der Waals surface area (Å²) >= 11 is 1.19. The van der Waals surface area contributed by atoms with E-state index < -0.39 is 5.97 Å². The van der Waals surface area contributed by atoms with Gasteiger partial charge in [-0.1, -0.05) is 55.4 Å². The number of aryl methyl sites for hydroxylation is 1. The highest BCUT2D eigenvalue weighted by molar-refractivity contribution is 8.00. The lowest BCUT2D eigenvalue weighted by Gasteiger charge is -2.18. The Balaban J connectivity index is 2.08. The van der Waals surface area contributed by atoms with Gasteiger partial charge in [-0.25, -0.2) is 9.78 Å². The first-order chi connectivity index (χ1) is 14.0. The van der Waals surface area contributed by atoms with Crippen LogP contribution in [0.15, 0.2) is 41.4 Å². The van der Waals surface area contributed by atoms with Gasteiger partial charge in [0.2, 0.25) is 5.91 Å². The zero-order valence-electron chi connectivity index (χ0n) is 16.9. The summed E-state index contributed by atoms with van der Waals surface area (Å²) in [6.07, 6.45) is 1.79. The average Bonchev–Trinajstić information content (AvgIpc) is 2.72. The molecule has 7 heteroatoms. The van der Waals surface area contributed by atoms with Crippen molar-refractivity contribution in [3.63, 3.8) is 0 Å². The number of aromatic nitrogens is 1. The number of esters is 1. The van der Waals surface area contributed by atoms with Crippen LogP contribution in [-0.2, 0) is 9.53 Å². The third kappa shape index (κ3) is 6.33. The van der Waals surface area contributed by atoms with E-state index in [-0.39, 0.29) is 35.4 Å². The Labute approximate surface area is 175 Å². The van der Waals surface area contributed by atoms with Crippen LogP contribution >= 0.6 is 11.8 Å². The molecule has 1 atom stereocenters. The number of carbonyl (C=O) groups is 2. The Bertz CT molecular complexity index is 894. The number of rotatable bonds is 9. The molecule has 0 spiro atoms. The van der Waals surface area contributed by atoms with E-state index in [2.05, 4.69) is 17.2 Å². The van der Waals surface area contributed by atoms with Gasteiger partial charge in [0.1, 0.15) is 11.1 Å². The molecule has 29 heavy (non-hydrogen) atoms. The predicted octanol–water partition coefficient (Wildman–Crippen LogP) is 4.19. The van der Waals surface area contributed by atoms with Crippen LogP contribution in [0.1, 0.15) is 59.9 Å². The second kappa shape index (κ2) is 11.2. The Kier molecular flexibility index (Phi) is 8.68. The molecule has 0 unspecified atom stereocenters. The van der Waals surface area contributed by atoms with E-state index in [4.69, 9.17) is 4.74 Å². The molecule has 1 aromatic heterocycles. The molecule has 0 bridgehead atoms.